The molecule has 0 aromatic heterocycles. The van der Waals surface area contributed by atoms with Crippen molar-refractivity contribution in [2.75, 3.05) is 0 Å². The number of hydrogen-bond acceptors (Lipinski definition) is 3. The van der Waals surface area contributed by atoms with Gasteiger partial charge in [0.25, 0.3) is 0 Å². The predicted octanol–water partition coefficient (Wildman–Crippen LogP) is 2.47. The zero-order valence-corrected chi connectivity index (χ0v) is 9.02. The number of hydrogen-bond donors (Lipinski definition) is 2. The third-order valence-corrected chi connectivity index (χ3v) is 2.80. The van der Waals surface area contributed by atoms with Crippen LogP contribution >= 0.6 is 27.9 Å². The molecule has 0 radical (unpaired) electrons. The van der Waals surface area contributed by atoms with Crippen LogP contribution in [0.2, 0.25) is 0 Å². The molecular weight excluding hydrogens is 238 g/mol. The van der Waals surface area contributed by atoms with Crippen molar-refractivity contribution in [2.45, 2.75) is 17.9 Å². The first-order chi connectivity index (χ1) is 5.65. The van der Waals surface area contributed by atoms with Crippen molar-refractivity contribution in [3.8, 4) is 0 Å². The van der Waals surface area contributed by atoms with Gasteiger partial charge in [-0.15, -0.1) is 0 Å². The van der Waals surface area contributed by atoms with Gasteiger partial charge >= 0.3 is 0 Å². The molecule has 0 aliphatic carbocycles. The van der Waals surface area contributed by atoms with Gasteiger partial charge in [0.2, 0.25) is 0 Å². The van der Waals surface area contributed by atoms with Gasteiger partial charge in [0, 0.05) is 9.37 Å². The quantitative estimate of drug-likeness (QED) is 0.790. The molecule has 1 atom stereocenters. The number of rotatable bonds is 2. The monoisotopic (exact) mass is 247 g/mol. The minimum atomic E-state index is -0.466. The van der Waals surface area contributed by atoms with Gasteiger partial charge in [0.15, 0.2) is 0 Å². The fourth-order valence-corrected chi connectivity index (χ4v) is 1.83. The minimum absolute atomic E-state index is 0.466. The lowest BCUT2D eigenvalue weighted by molar-refractivity contribution is 0.198. The van der Waals surface area contributed by atoms with Crippen LogP contribution in [0.1, 0.15) is 18.6 Å². The Bertz CT molecular complexity index is 278. The number of benzene rings is 1. The predicted molar refractivity (Wildman–Crippen MR) is 54.8 cm³/mol. The average Bonchev–Trinajstić information content (AvgIpc) is 2.05. The first-order valence-corrected chi connectivity index (χ1v) is 5.16. The largest absolute Gasteiger partial charge is 0.389 e. The third-order valence-electron chi connectivity index (χ3n) is 1.55. The number of nitrogens with two attached hydrogens (primary N) is 1. The molecule has 1 aromatic carbocycles. The van der Waals surface area contributed by atoms with Gasteiger partial charge in [-0.05, 0) is 42.6 Å². The van der Waals surface area contributed by atoms with Crippen LogP contribution in [-0.4, -0.2) is 5.11 Å². The summed E-state index contributed by atoms with van der Waals surface area (Å²) in [7, 11) is 0. The molecule has 0 saturated carbocycles. The second-order valence-corrected chi connectivity index (χ2v) is 4.04. The van der Waals surface area contributed by atoms with Crippen molar-refractivity contribution in [2.24, 2.45) is 5.14 Å². The van der Waals surface area contributed by atoms with Crippen molar-refractivity contribution in [1.82, 2.24) is 0 Å². The highest BCUT2D eigenvalue weighted by Gasteiger charge is 2.06. The molecule has 1 rings (SSSR count). The molecule has 12 heavy (non-hydrogen) atoms. The van der Waals surface area contributed by atoms with Gasteiger partial charge in [0.1, 0.15) is 0 Å². The lowest BCUT2D eigenvalue weighted by atomic mass is 10.1. The Morgan fingerprint density at radius 3 is 2.75 bits per heavy atom. The van der Waals surface area contributed by atoms with Gasteiger partial charge < -0.3 is 5.11 Å². The lowest BCUT2D eigenvalue weighted by Crippen LogP contribution is -1.93. The van der Waals surface area contributed by atoms with Crippen LogP contribution in [-0.2, 0) is 0 Å². The highest BCUT2D eigenvalue weighted by molar-refractivity contribution is 9.10. The second kappa shape index (κ2) is 4.28. The van der Waals surface area contributed by atoms with Crippen LogP contribution in [0.3, 0.4) is 0 Å². The molecular formula is C8H10BrNOS. The fourth-order valence-electron chi connectivity index (χ4n) is 0.915. The van der Waals surface area contributed by atoms with Crippen LogP contribution in [0.15, 0.2) is 27.6 Å². The highest BCUT2D eigenvalue weighted by Crippen LogP contribution is 2.26. The van der Waals surface area contributed by atoms with E-state index in [-0.39, 0.29) is 0 Å². The summed E-state index contributed by atoms with van der Waals surface area (Å²) in [4.78, 5) is 0.953. The molecule has 1 aromatic rings. The first kappa shape index (κ1) is 10.1. The molecule has 0 aliphatic rings. The van der Waals surface area contributed by atoms with Crippen LogP contribution < -0.4 is 5.14 Å². The van der Waals surface area contributed by atoms with Gasteiger partial charge in [-0.1, -0.05) is 15.9 Å². The fraction of sp³-hybridized carbons (Fsp3) is 0.250. The molecule has 0 aliphatic heterocycles. The second-order valence-electron chi connectivity index (χ2n) is 2.48. The zero-order chi connectivity index (χ0) is 9.14. The molecule has 4 heteroatoms. The maximum atomic E-state index is 9.34. The summed E-state index contributed by atoms with van der Waals surface area (Å²) >= 11 is 4.53. The van der Waals surface area contributed by atoms with E-state index in [1.54, 1.807) is 6.92 Å². The van der Waals surface area contributed by atoms with Gasteiger partial charge in [-0.25, -0.2) is 0 Å². The van der Waals surface area contributed by atoms with Crippen LogP contribution in [0.4, 0.5) is 0 Å². The Morgan fingerprint density at radius 1 is 1.58 bits per heavy atom. The summed E-state index contributed by atoms with van der Waals surface area (Å²) in [6.45, 7) is 1.73. The highest BCUT2D eigenvalue weighted by atomic mass is 79.9. The number of aliphatic hydroxyl groups excluding tert-OH is 1. The van der Waals surface area contributed by atoms with Gasteiger partial charge in [-0.2, -0.15) is 0 Å². The molecule has 0 fully saturated rings. The standard InChI is InChI=1S/C8H10BrNOS/c1-5(11)7-4-6(12-10)2-3-8(7)9/h2-5,11H,10H2,1H3. The molecule has 0 amide bonds. The van der Waals surface area contributed by atoms with E-state index in [9.17, 15) is 5.11 Å². The maximum Gasteiger partial charge on any atom is 0.0773 e. The molecule has 66 valence electrons. The van der Waals surface area contributed by atoms with E-state index in [1.165, 1.54) is 11.9 Å². The summed E-state index contributed by atoms with van der Waals surface area (Å²) in [6.07, 6.45) is -0.466. The molecule has 3 N–H and O–H groups in total. The first-order valence-electron chi connectivity index (χ1n) is 3.49. The smallest absolute Gasteiger partial charge is 0.0773 e. The number of aliphatic hydroxyl groups is 1. The third kappa shape index (κ3) is 2.23. The Kier molecular flexibility index (Phi) is 3.58. The van der Waals surface area contributed by atoms with E-state index in [4.69, 9.17) is 5.14 Å². The molecule has 0 bridgehead atoms. The summed E-state index contributed by atoms with van der Waals surface area (Å²) < 4.78 is 0.912. The Hall–Kier alpha value is -0.0300. The summed E-state index contributed by atoms with van der Waals surface area (Å²) in [5, 5.41) is 14.7. The normalized spacial score (nSPS) is 13.0. The van der Waals surface area contributed by atoms with Crippen LogP contribution in [0.25, 0.3) is 0 Å². The van der Waals surface area contributed by atoms with Gasteiger partial charge in [0.05, 0.1) is 6.10 Å². The van der Waals surface area contributed by atoms with E-state index in [1.807, 2.05) is 18.2 Å². The molecule has 0 saturated heterocycles. The maximum absolute atomic E-state index is 9.34. The molecule has 2 nitrogen and oxygen atoms in total. The van der Waals surface area contributed by atoms with Crippen molar-refractivity contribution in [3.05, 3.63) is 28.2 Å². The SMILES string of the molecule is CC(O)c1cc(SN)ccc1Br. The zero-order valence-electron chi connectivity index (χ0n) is 6.62. The topological polar surface area (TPSA) is 46.2 Å². The Morgan fingerprint density at radius 2 is 2.25 bits per heavy atom. The summed E-state index contributed by atoms with van der Waals surface area (Å²) in [5.74, 6) is 0. The van der Waals surface area contributed by atoms with Crippen LogP contribution in [0.5, 0.6) is 0 Å². The van der Waals surface area contributed by atoms with E-state index in [2.05, 4.69) is 15.9 Å². The van der Waals surface area contributed by atoms with Crippen LogP contribution in [0, 0.1) is 0 Å². The summed E-state index contributed by atoms with van der Waals surface area (Å²) in [5.41, 5.74) is 0.866. The molecule has 0 spiro atoms. The number of halogens is 1. The van der Waals surface area contributed by atoms with Crippen molar-refractivity contribution in [1.29, 1.82) is 0 Å². The Labute approximate surface area is 84.4 Å². The lowest BCUT2D eigenvalue weighted by Gasteiger charge is -2.08. The minimum Gasteiger partial charge on any atom is -0.389 e. The Balaban J connectivity index is 3.08. The molecule has 1 unspecified atom stereocenters. The van der Waals surface area contributed by atoms with Crippen molar-refractivity contribution >= 4 is 27.9 Å². The average molecular weight is 248 g/mol. The van der Waals surface area contributed by atoms with E-state index < -0.39 is 6.10 Å². The van der Waals surface area contributed by atoms with E-state index in [0.717, 1.165) is 14.9 Å². The molecule has 0 heterocycles. The van der Waals surface area contributed by atoms with E-state index in [0.29, 0.717) is 0 Å². The van der Waals surface area contributed by atoms with Crippen molar-refractivity contribution in [3.63, 3.8) is 0 Å². The van der Waals surface area contributed by atoms with Crippen molar-refractivity contribution < 1.29 is 5.11 Å². The summed E-state index contributed by atoms with van der Waals surface area (Å²) in [6, 6.07) is 5.66. The van der Waals surface area contributed by atoms with E-state index >= 15 is 0 Å². The van der Waals surface area contributed by atoms with Gasteiger partial charge in [-0.3, -0.25) is 5.14 Å².